The number of nitrogens with one attached hydrogen (secondary N) is 1. The van der Waals surface area contributed by atoms with Gasteiger partial charge in [-0.1, -0.05) is 91.7 Å². The van der Waals surface area contributed by atoms with Crippen molar-refractivity contribution in [1.29, 1.82) is 0 Å². The molecule has 3 aromatic carbocycles. The Hall–Kier alpha value is -4.04. The van der Waals surface area contributed by atoms with Crippen LogP contribution in [0.3, 0.4) is 0 Å². The molecule has 2 amide bonds. The van der Waals surface area contributed by atoms with Gasteiger partial charge in [0, 0.05) is 5.75 Å². The van der Waals surface area contributed by atoms with Crippen LogP contribution >= 0.6 is 11.8 Å². The Kier molecular flexibility index (Phi) is 8.09. The van der Waals surface area contributed by atoms with E-state index in [-0.39, 0.29) is 29.7 Å². The first kappa shape index (κ1) is 27.1. The lowest BCUT2D eigenvalue weighted by Gasteiger charge is -2.50. The molecule has 1 N–H and O–H groups in total. The van der Waals surface area contributed by atoms with Gasteiger partial charge in [-0.25, -0.2) is 4.79 Å². The fourth-order valence-corrected chi connectivity index (χ4v) is 7.30. The second-order valence-corrected chi connectivity index (χ2v) is 11.6. The summed E-state index contributed by atoms with van der Waals surface area (Å²) in [4.78, 5) is 41.8. The zero-order valence-corrected chi connectivity index (χ0v) is 23.4. The molecular formula is C33H32N2O5S. The molecule has 2 atom stereocenters. The summed E-state index contributed by atoms with van der Waals surface area (Å²) in [7, 11) is 0. The van der Waals surface area contributed by atoms with Crippen LogP contribution < -0.4 is 10.1 Å². The smallest absolute Gasteiger partial charge is 0.356 e. The van der Waals surface area contributed by atoms with Crippen LogP contribution in [0.5, 0.6) is 5.75 Å². The maximum absolute atomic E-state index is 14.1. The molecule has 0 radical (unpaired) electrons. The monoisotopic (exact) mass is 568 g/mol. The zero-order chi connectivity index (χ0) is 28.2. The molecule has 2 fully saturated rings. The lowest BCUT2D eigenvalue weighted by Crippen LogP contribution is -2.71. The average Bonchev–Trinajstić information content (AvgIpc) is 3.57. The molecule has 3 aromatic rings. The Bertz CT molecular complexity index is 1380. The first-order chi connectivity index (χ1) is 20.1. The number of ether oxygens (including phenoxy) is 2. The number of para-hydroxylation sites is 1. The van der Waals surface area contributed by atoms with E-state index in [0.717, 1.165) is 42.4 Å². The molecule has 1 unspecified atom stereocenters. The highest BCUT2D eigenvalue weighted by atomic mass is 32.2. The number of amides is 2. The molecule has 1 saturated carbocycles. The third-order valence-electron chi connectivity index (χ3n) is 7.90. The molecule has 0 aromatic heterocycles. The number of hydrogen-bond acceptors (Lipinski definition) is 6. The van der Waals surface area contributed by atoms with Crippen molar-refractivity contribution in [2.75, 3.05) is 12.4 Å². The van der Waals surface area contributed by atoms with Gasteiger partial charge in [-0.05, 0) is 47.6 Å². The molecule has 3 aliphatic rings. The molecule has 1 aliphatic carbocycles. The summed E-state index contributed by atoms with van der Waals surface area (Å²) in [5, 5.41) is 2.45. The largest absolute Gasteiger partial charge is 0.484 e. The van der Waals surface area contributed by atoms with E-state index in [1.54, 1.807) is 28.8 Å². The number of carbonyl (C=O) groups is 3. The summed E-state index contributed by atoms with van der Waals surface area (Å²) in [6.07, 6.45) is 3.59. The zero-order valence-electron chi connectivity index (χ0n) is 22.6. The maximum Gasteiger partial charge on any atom is 0.356 e. The van der Waals surface area contributed by atoms with Crippen molar-refractivity contribution in [3.05, 3.63) is 113 Å². The molecule has 7 nitrogen and oxygen atoms in total. The molecule has 1 saturated heterocycles. The van der Waals surface area contributed by atoms with Gasteiger partial charge in [0.2, 0.25) is 0 Å². The van der Waals surface area contributed by atoms with E-state index in [9.17, 15) is 14.4 Å². The van der Waals surface area contributed by atoms with E-state index in [2.05, 4.69) is 5.32 Å². The van der Waals surface area contributed by atoms with Gasteiger partial charge in [0.25, 0.3) is 11.8 Å². The highest BCUT2D eigenvalue weighted by molar-refractivity contribution is 8.00. The Labute approximate surface area is 243 Å². The predicted molar refractivity (Wildman–Crippen MR) is 157 cm³/mol. The number of thioether (sulfide) groups is 1. The summed E-state index contributed by atoms with van der Waals surface area (Å²) in [5.41, 5.74) is 3.05. The van der Waals surface area contributed by atoms with Crippen LogP contribution in [0.1, 0.15) is 42.9 Å². The van der Waals surface area contributed by atoms with E-state index in [0.29, 0.717) is 17.2 Å². The SMILES string of the molecule is O=C(COc1ccccc1)NC1C(=O)N2C(C(=O)OC(c3ccccc3)c3ccccc3)=C(C3CCCC3)CS[C@H]12. The van der Waals surface area contributed by atoms with Crippen LogP contribution in [0, 0.1) is 5.92 Å². The lowest BCUT2D eigenvalue weighted by molar-refractivity contribution is -0.155. The Balaban J connectivity index is 1.23. The highest BCUT2D eigenvalue weighted by Gasteiger charge is 2.55. The van der Waals surface area contributed by atoms with Gasteiger partial charge in [-0.3, -0.25) is 14.5 Å². The minimum atomic E-state index is -0.723. The second-order valence-electron chi connectivity index (χ2n) is 10.5. The van der Waals surface area contributed by atoms with Crippen molar-refractivity contribution in [3.8, 4) is 5.75 Å². The minimum Gasteiger partial charge on any atom is -0.484 e. The van der Waals surface area contributed by atoms with Gasteiger partial charge >= 0.3 is 5.97 Å². The number of rotatable bonds is 9. The van der Waals surface area contributed by atoms with E-state index in [1.165, 1.54) is 0 Å². The maximum atomic E-state index is 14.1. The summed E-state index contributed by atoms with van der Waals surface area (Å²) >= 11 is 1.59. The molecule has 210 valence electrons. The first-order valence-electron chi connectivity index (χ1n) is 14.1. The first-order valence-corrected chi connectivity index (χ1v) is 15.1. The van der Waals surface area contributed by atoms with Gasteiger partial charge in [0.15, 0.2) is 12.7 Å². The predicted octanol–water partition coefficient (Wildman–Crippen LogP) is 5.24. The van der Waals surface area contributed by atoms with Crippen molar-refractivity contribution in [2.24, 2.45) is 5.92 Å². The van der Waals surface area contributed by atoms with Gasteiger partial charge in [-0.15, -0.1) is 11.8 Å². The standard InChI is InChI=1S/C33H32N2O5S/c36-27(20-39-25-18-8-3-9-19-25)34-28-31(37)35-29(26(21-41-32(28)35)22-12-10-11-13-22)33(38)40-30(23-14-4-1-5-15-23)24-16-6-2-7-17-24/h1-9,14-19,22,28,30,32H,10-13,20-21H2,(H,34,36)/t28?,32-/m1/s1. The van der Waals surface area contributed by atoms with E-state index in [4.69, 9.17) is 9.47 Å². The molecule has 0 bridgehead atoms. The minimum absolute atomic E-state index is 0.195. The Morgan fingerprint density at radius 1 is 0.878 bits per heavy atom. The van der Waals surface area contributed by atoms with Crippen molar-refractivity contribution < 1.29 is 23.9 Å². The van der Waals surface area contributed by atoms with Crippen molar-refractivity contribution >= 4 is 29.5 Å². The third-order valence-corrected chi connectivity index (χ3v) is 9.20. The molecule has 41 heavy (non-hydrogen) atoms. The fraction of sp³-hybridized carbons (Fsp3) is 0.303. The Morgan fingerprint density at radius 2 is 1.46 bits per heavy atom. The number of nitrogens with zero attached hydrogens (tertiary/aromatic N) is 1. The summed E-state index contributed by atoms with van der Waals surface area (Å²) in [6.45, 7) is -0.195. The van der Waals surface area contributed by atoms with Gasteiger partial charge < -0.3 is 14.8 Å². The average molecular weight is 569 g/mol. The highest BCUT2D eigenvalue weighted by Crippen LogP contribution is 2.46. The molecule has 2 heterocycles. The number of esters is 1. The van der Waals surface area contributed by atoms with E-state index < -0.39 is 18.1 Å². The van der Waals surface area contributed by atoms with Crippen molar-refractivity contribution in [2.45, 2.75) is 43.2 Å². The summed E-state index contributed by atoms with van der Waals surface area (Å²) in [6, 6.07) is 27.6. The van der Waals surface area contributed by atoms with Crippen LogP contribution in [0.4, 0.5) is 0 Å². The van der Waals surface area contributed by atoms with E-state index >= 15 is 0 Å². The van der Waals surface area contributed by atoms with Crippen LogP contribution in [-0.2, 0) is 19.1 Å². The number of benzene rings is 3. The van der Waals surface area contributed by atoms with Crippen LogP contribution in [0.25, 0.3) is 0 Å². The summed E-state index contributed by atoms with van der Waals surface area (Å²) in [5.74, 6) is 0.275. The normalized spacial score (nSPS) is 20.4. The third kappa shape index (κ3) is 5.75. The molecular weight excluding hydrogens is 536 g/mol. The van der Waals surface area contributed by atoms with E-state index in [1.807, 2.05) is 78.9 Å². The van der Waals surface area contributed by atoms with Crippen molar-refractivity contribution in [3.63, 3.8) is 0 Å². The molecule has 6 rings (SSSR count). The summed E-state index contributed by atoms with van der Waals surface area (Å²) < 4.78 is 11.8. The lowest BCUT2D eigenvalue weighted by atomic mass is 9.93. The Morgan fingerprint density at radius 3 is 2.07 bits per heavy atom. The molecule has 0 spiro atoms. The topological polar surface area (TPSA) is 84.9 Å². The van der Waals surface area contributed by atoms with Crippen molar-refractivity contribution in [1.82, 2.24) is 10.2 Å². The number of β-lactam (4-membered cyclic amide) rings is 1. The van der Waals surface area contributed by atoms with Gasteiger partial charge in [0.05, 0.1) is 0 Å². The number of carbonyl (C=O) groups excluding carboxylic acids is 3. The molecule has 8 heteroatoms. The number of hydrogen-bond donors (Lipinski definition) is 1. The van der Waals surface area contributed by atoms with Crippen LogP contribution in [0.15, 0.2) is 102 Å². The second kappa shape index (κ2) is 12.2. The molecule has 2 aliphatic heterocycles. The number of fused-ring (bicyclic) bond motifs is 1. The van der Waals surface area contributed by atoms with Gasteiger partial charge in [-0.2, -0.15) is 0 Å². The van der Waals surface area contributed by atoms with Gasteiger partial charge in [0.1, 0.15) is 22.9 Å². The van der Waals surface area contributed by atoms with Crippen LogP contribution in [0.2, 0.25) is 0 Å². The fourth-order valence-electron chi connectivity index (χ4n) is 5.85. The van der Waals surface area contributed by atoms with Crippen LogP contribution in [-0.4, -0.2) is 46.5 Å². The quantitative estimate of drug-likeness (QED) is 0.281.